The Morgan fingerprint density at radius 2 is 1.95 bits per heavy atom. The van der Waals surface area contributed by atoms with Gasteiger partial charge in [-0.25, -0.2) is 23.3 Å². The Labute approximate surface area is 241 Å². The summed E-state index contributed by atoms with van der Waals surface area (Å²) in [6.45, 7) is 1.55. The largest absolute Gasteiger partial charge is 0.480 e. The number of hydrogen-bond donors (Lipinski definition) is 0. The van der Waals surface area contributed by atoms with Crippen molar-refractivity contribution in [2.75, 3.05) is 25.7 Å². The number of rotatable bonds is 11. The predicted molar refractivity (Wildman–Crippen MR) is 151 cm³/mol. The zero-order valence-corrected chi connectivity index (χ0v) is 23.8. The first-order valence-corrected chi connectivity index (χ1v) is 14.3. The normalized spacial score (nSPS) is 20.8. The zero-order chi connectivity index (χ0) is 29.2. The molecule has 2 atom stereocenters. The predicted octanol–water partition coefficient (Wildman–Crippen LogP) is 5.53. The number of carbonyl (C=O) groups is 1. The summed E-state index contributed by atoms with van der Waals surface area (Å²) in [4.78, 5) is 26.6. The van der Waals surface area contributed by atoms with Crippen molar-refractivity contribution in [1.82, 2.24) is 24.6 Å². The highest BCUT2D eigenvalue weighted by molar-refractivity contribution is 5.79. The van der Waals surface area contributed by atoms with Crippen LogP contribution in [0.1, 0.15) is 67.6 Å². The van der Waals surface area contributed by atoms with Crippen LogP contribution in [0.3, 0.4) is 0 Å². The van der Waals surface area contributed by atoms with Crippen LogP contribution in [0.2, 0.25) is 0 Å². The van der Waals surface area contributed by atoms with E-state index < -0.39 is 18.4 Å². The van der Waals surface area contributed by atoms with Gasteiger partial charge in [-0.2, -0.15) is 10.1 Å². The third-order valence-electron chi connectivity index (χ3n) is 9.05. The van der Waals surface area contributed by atoms with Crippen LogP contribution in [0, 0.1) is 5.92 Å². The second-order valence-electron chi connectivity index (χ2n) is 12.0. The summed E-state index contributed by atoms with van der Waals surface area (Å²) in [5, 5.41) is 4.72. The molecule has 0 aliphatic heterocycles. The number of benzene rings is 1. The Bertz CT molecular complexity index is 1680. The Morgan fingerprint density at radius 1 is 1.14 bits per heavy atom. The van der Waals surface area contributed by atoms with Crippen molar-refractivity contribution < 1.29 is 23.0 Å². The molecule has 3 fully saturated rings. The molecule has 0 N–H and O–H groups in total. The van der Waals surface area contributed by atoms with Crippen LogP contribution in [-0.2, 0) is 10.2 Å². The van der Waals surface area contributed by atoms with Gasteiger partial charge in [-0.05, 0) is 72.6 Å². The van der Waals surface area contributed by atoms with Gasteiger partial charge in [0, 0.05) is 35.8 Å². The summed E-state index contributed by atoms with van der Waals surface area (Å²) in [6, 6.07) is 8.29. The molecule has 3 aliphatic carbocycles. The molecule has 218 valence electrons. The van der Waals surface area contributed by atoms with Gasteiger partial charge in [0.2, 0.25) is 12.3 Å². The number of fused-ring (bicyclic) bond motifs is 1. The number of alkyl halides is 2. The van der Waals surface area contributed by atoms with E-state index in [0.717, 1.165) is 41.6 Å². The zero-order valence-electron chi connectivity index (χ0n) is 23.8. The Hall–Kier alpha value is -4.15. The molecule has 9 nitrogen and oxygen atoms in total. The van der Waals surface area contributed by atoms with Crippen LogP contribution in [-0.4, -0.2) is 57.7 Å². The fourth-order valence-electron chi connectivity index (χ4n) is 6.06. The summed E-state index contributed by atoms with van der Waals surface area (Å²) >= 11 is 0. The molecule has 11 heteroatoms. The molecule has 1 amide bonds. The number of amides is 1. The molecule has 3 heterocycles. The summed E-state index contributed by atoms with van der Waals surface area (Å²) in [7, 11) is 3.02. The molecule has 0 bridgehead atoms. The maximum absolute atomic E-state index is 14.9. The van der Waals surface area contributed by atoms with Gasteiger partial charge in [-0.1, -0.05) is 19.1 Å². The number of imidazole rings is 1. The average molecular weight is 575 g/mol. The van der Waals surface area contributed by atoms with Crippen LogP contribution in [0.25, 0.3) is 16.9 Å². The van der Waals surface area contributed by atoms with Gasteiger partial charge < -0.3 is 14.4 Å². The highest BCUT2D eigenvalue weighted by atomic mass is 19.3. The molecule has 1 aromatic carbocycles. The van der Waals surface area contributed by atoms with Crippen molar-refractivity contribution in [3.8, 4) is 23.1 Å². The fraction of sp³-hybridized carbons (Fsp3) is 0.452. The molecule has 3 aliphatic rings. The van der Waals surface area contributed by atoms with Crippen molar-refractivity contribution in [3.05, 3.63) is 59.5 Å². The van der Waals surface area contributed by atoms with Gasteiger partial charge >= 0.3 is 6.01 Å². The smallest absolute Gasteiger partial charge is 0.319 e. The summed E-state index contributed by atoms with van der Waals surface area (Å²) in [5.41, 5.74) is 5.53. The Kier molecular flexibility index (Phi) is 6.18. The van der Waals surface area contributed by atoms with Gasteiger partial charge in [0.15, 0.2) is 5.65 Å². The monoisotopic (exact) mass is 574 g/mol. The van der Waals surface area contributed by atoms with Gasteiger partial charge in [-0.15, -0.1) is 0 Å². The summed E-state index contributed by atoms with van der Waals surface area (Å²) < 4.78 is 42.1. The fourth-order valence-corrected chi connectivity index (χ4v) is 6.06. The van der Waals surface area contributed by atoms with Crippen LogP contribution in [0.4, 0.5) is 14.5 Å². The minimum atomic E-state index is -2.90. The van der Waals surface area contributed by atoms with Crippen LogP contribution in [0.15, 0.2) is 42.9 Å². The number of halogens is 2. The lowest BCUT2D eigenvalue weighted by Crippen LogP contribution is -2.38. The van der Waals surface area contributed by atoms with Gasteiger partial charge in [0.25, 0.3) is 5.92 Å². The van der Waals surface area contributed by atoms with E-state index in [1.54, 1.807) is 23.1 Å². The third kappa shape index (κ3) is 4.64. The number of aromatic nitrogens is 5. The van der Waals surface area contributed by atoms with E-state index in [-0.39, 0.29) is 23.3 Å². The van der Waals surface area contributed by atoms with Crippen molar-refractivity contribution >= 4 is 17.7 Å². The summed E-state index contributed by atoms with van der Waals surface area (Å²) in [5.74, 6) is -2.91. The van der Waals surface area contributed by atoms with E-state index >= 15 is 0 Å². The van der Waals surface area contributed by atoms with Crippen molar-refractivity contribution in [2.45, 2.75) is 62.2 Å². The maximum atomic E-state index is 14.9. The molecule has 0 unspecified atom stereocenters. The van der Waals surface area contributed by atoms with Crippen molar-refractivity contribution in [2.24, 2.45) is 5.92 Å². The van der Waals surface area contributed by atoms with Crippen LogP contribution in [0.5, 0.6) is 11.9 Å². The minimum Gasteiger partial charge on any atom is -0.480 e. The first-order chi connectivity index (χ1) is 20.2. The lowest BCUT2D eigenvalue weighted by molar-refractivity contribution is -0.109. The molecule has 0 radical (unpaired) electrons. The third-order valence-corrected chi connectivity index (χ3v) is 9.05. The maximum Gasteiger partial charge on any atom is 0.319 e. The second kappa shape index (κ2) is 9.71. The highest BCUT2D eigenvalue weighted by Crippen LogP contribution is 2.58. The molecule has 7 rings (SSSR count). The average Bonchev–Trinajstić information content (AvgIpc) is 3.90. The Balaban J connectivity index is 1.24. The number of ether oxygens (including phenoxy) is 2. The van der Waals surface area contributed by atoms with Gasteiger partial charge in [0.1, 0.15) is 0 Å². The first-order valence-electron chi connectivity index (χ1n) is 14.3. The molecule has 42 heavy (non-hydrogen) atoms. The molecular formula is C31H32F2N6O3. The lowest BCUT2D eigenvalue weighted by Gasteiger charge is -2.28. The minimum absolute atomic E-state index is 0.0888. The first kappa shape index (κ1) is 26.7. The van der Waals surface area contributed by atoms with E-state index in [0.29, 0.717) is 42.1 Å². The van der Waals surface area contributed by atoms with E-state index in [1.807, 2.05) is 18.2 Å². The SMILES string of the molecule is COc1ncc(-c2cc([C@H]3C[C@@H]3c3ccc(C4(C)CC4)c(N(C=O)CC(F)(F)C4CC4)c3)c3nccn3n2)c(OC)n1. The highest BCUT2D eigenvalue weighted by Gasteiger charge is 2.49. The quantitative estimate of drug-likeness (QED) is 0.217. The van der Waals surface area contributed by atoms with Crippen molar-refractivity contribution in [1.29, 1.82) is 0 Å². The van der Waals surface area contributed by atoms with Gasteiger partial charge in [-0.3, -0.25) is 4.79 Å². The molecule has 4 aromatic rings. The lowest BCUT2D eigenvalue weighted by atomic mass is 9.92. The number of anilines is 1. The van der Waals surface area contributed by atoms with Crippen LogP contribution < -0.4 is 14.4 Å². The molecule has 0 saturated heterocycles. The summed E-state index contributed by atoms with van der Waals surface area (Å²) in [6.07, 6.45) is 9.54. The topological polar surface area (TPSA) is 94.7 Å². The number of hydrogen-bond acceptors (Lipinski definition) is 7. The standard InChI is InChI=1S/C31H32F2N6O3/c1-30(8-9-30)24-7-4-18(12-26(24)38(17-40)16-31(32,33)19-5-6-19)20-13-21(20)22-14-25(37-39-11-10-34-27(22)39)23-15-35-29(42-3)36-28(23)41-2/h4,7,10-12,14-15,17,19-21H,5-6,8-9,13,16H2,1-3H3/t20-,21+/m1/s1. The van der Waals surface area contributed by atoms with Crippen molar-refractivity contribution in [3.63, 3.8) is 0 Å². The Morgan fingerprint density at radius 3 is 2.64 bits per heavy atom. The molecular weight excluding hydrogens is 542 g/mol. The van der Waals surface area contributed by atoms with E-state index in [1.165, 1.54) is 19.1 Å². The molecule has 0 spiro atoms. The number of carbonyl (C=O) groups excluding carboxylic acids is 1. The molecule has 3 aromatic heterocycles. The number of nitrogens with zero attached hydrogens (tertiary/aromatic N) is 6. The second-order valence-corrected chi connectivity index (χ2v) is 12.0. The van der Waals surface area contributed by atoms with Gasteiger partial charge in [0.05, 0.1) is 32.0 Å². The van der Waals surface area contributed by atoms with E-state index in [2.05, 4.69) is 27.9 Å². The van der Waals surface area contributed by atoms with E-state index in [9.17, 15) is 13.6 Å². The number of methoxy groups -OCH3 is 2. The van der Waals surface area contributed by atoms with E-state index in [4.69, 9.17) is 14.6 Å². The molecule has 3 saturated carbocycles. The van der Waals surface area contributed by atoms with Crippen LogP contribution >= 0.6 is 0 Å².